The van der Waals surface area contributed by atoms with Gasteiger partial charge in [-0.25, -0.2) is 4.99 Å². The van der Waals surface area contributed by atoms with Crippen LogP contribution in [0.15, 0.2) is 4.99 Å². The molecule has 0 aromatic carbocycles. The number of carbonyl (C=O) groups is 1. The van der Waals surface area contributed by atoms with Crippen LogP contribution < -0.4 is 5.32 Å². The van der Waals surface area contributed by atoms with Crippen molar-refractivity contribution in [1.29, 1.82) is 0 Å². The van der Waals surface area contributed by atoms with Crippen LogP contribution in [-0.2, 0) is 4.74 Å². The first kappa shape index (κ1) is 8.76. The van der Waals surface area contributed by atoms with Gasteiger partial charge < -0.3 is 10.1 Å². The van der Waals surface area contributed by atoms with Crippen LogP contribution in [0.2, 0.25) is 0 Å². The van der Waals surface area contributed by atoms with Gasteiger partial charge in [0.05, 0.1) is 0 Å². The largest absolute Gasteiger partial charge is 0.479 e. The van der Waals surface area contributed by atoms with E-state index in [0.717, 1.165) is 0 Å². The molecule has 0 aliphatic carbocycles. The van der Waals surface area contributed by atoms with Gasteiger partial charge in [0, 0.05) is 36.1 Å². The summed E-state index contributed by atoms with van der Waals surface area (Å²) in [6.45, 7) is 2.97. The highest BCUT2D eigenvalue weighted by molar-refractivity contribution is 14.1. The van der Waals surface area contributed by atoms with E-state index in [4.69, 9.17) is 4.74 Å². The van der Waals surface area contributed by atoms with Gasteiger partial charge in [0.25, 0.3) is 3.91 Å². The molecule has 0 aromatic rings. The quantitative estimate of drug-likeness (QED) is 0.460. The maximum Gasteiger partial charge on any atom is 0.280 e. The van der Waals surface area contributed by atoms with Crippen molar-refractivity contribution in [3.8, 4) is 0 Å². The summed E-state index contributed by atoms with van der Waals surface area (Å²) < 4.78 is 5.04. The van der Waals surface area contributed by atoms with Crippen LogP contribution in [0.1, 0.15) is 6.92 Å². The van der Waals surface area contributed by atoms with Gasteiger partial charge in [0.2, 0.25) is 0 Å². The molecule has 11 heavy (non-hydrogen) atoms. The van der Waals surface area contributed by atoms with Gasteiger partial charge in [-0.15, -0.1) is 0 Å². The number of nitrogens with one attached hydrogen (secondary N) is 1. The minimum absolute atomic E-state index is 0.0534. The summed E-state index contributed by atoms with van der Waals surface area (Å²) in [7, 11) is 0. The van der Waals surface area contributed by atoms with Crippen molar-refractivity contribution >= 4 is 32.4 Å². The fraction of sp³-hybridized carbons (Fsp3) is 0.667. The van der Waals surface area contributed by atoms with Gasteiger partial charge in [-0.3, -0.25) is 4.79 Å². The topological polar surface area (TPSA) is 50.7 Å². The Morgan fingerprint density at radius 3 is 3.18 bits per heavy atom. The van der Waals surface area contributed by atoms with E-state index in [9.17, 15) is 4.79 Å². The molecule has 1 aliphatic rings. The van der Waals surface area contributed by atoms with E-state index in [-0.39, 0.29) is 9.96 Å². The lowest BCUT2D eigenvalue weighted by Gasteiger charge is -2.03. The van der Waals surface area contributed by atoms with Crippen LogP contribution >= 0.6 is 22.6 Å². The molecular formula is C6H9IN2O2. The number of hydrogen-bond donors (Lipinski definition) is 1. The van der Waals surface area contributed by atoms with E-state index in [0.29, 0.717) is 19.0 Å². The van der Waals surface area contributed by atoms with E-state index in [1.165, 1.54) is 0 Å². The fourth-order valence-electron chi connectivity index (χ4n) is 0.851. The third kappa shape index (κ3) is 3.04. The number of rotatable bonds is 2. The van der Waals surface area contributed by atoms with Gasteiger partial charge >= 0.3 is 0 Å². The SMILES string of the molecule is CC1=NC(CNC(=O)I)CO1. The summed E-state index contributed by atoms with van der Waals surface area (Å²) in [6, 6.07) is 0.105. The molecular weight excluding hydrogens is 259 g/mol. The lowest BCUT2D eigenvalue weighted by Crippen LogP contribution is -2.27. The summed E-state index contributed by atoms with van der Waals surface area (Å²) in [5, 5.41) is 2.67. The molecule has 62 valence electrons. The summed E-state index contributed by atoms with van der Waals surface area (Å²) >= 11 is 1.69. The van der Waals surface area contributed by atoms with Crippen molar-refractivity contribution in [2.45, 2.75) is 13.0 Å². The zero-order valence-electron chi connectivity index (χ0n) is 6.13. The summed E-state index contributed by atoms with van der Waals surface area (Å²) in [5.41, 5.74) is 0. The Kier molecular flexibility index (Phi) is 3.10. The number of ether oxygens (including phenoxy) is 1. The highest BCUT2D eigenvalue weighted by Crippen LogP contribution is 2.02. The molecule has 1 unspecified atom stereocenters. The Hall–Kier alpha value is -0.330. The normalized spacial score (nSPS) is 22.4. The molecule has 4 nitrogen and oxygen atoms in total. The van der Waals surface area contributed by atoms with Crippen LogP contribution in [-0.4, -0.2) is 29.0 Å². The molecule has 1 rings (SSSR count). The highest BCUT2D eigenvalue weighted by atomic mass is 127. The Labute approximate surface area is 78.5 Å². The Bertz CT molecular complexity index is 193. The van der Waals surface area contributed by atoms with Gasteiger partial charge in [0.15, 0.2) is 5.90 Å². The van der Waals surface area contributed by atoms with Crippen molar-refractivity contribution in [1.82, 2.24) is 5.32 Å². The van der Waals surface area contributed by atoms with E-state index in [2.05, 4.69) is 10.3 Å². The van der Waals surface area contributed by atoms with E-state index < -0.39 is 0 Å². The average Bonchev–Trinajstić information content (AvgIpc) is 2.31. The molecule has 0 radical (unpaired) electrons. The van der Waals surface area contributed by atoms with Crippen molar-refractivity contribution in [3.05, 3.63) is 0 Å². The number of amides is 1. The minimum Gasteiger partial charge on any atom is -0.479 e. The van der Waals surface area contributed by atoms with Gasteiger partial charge in [-0.05, 0) is 0 Å². The minimum atomic E-state index is -0.0534. The lowest BCUT2D eigenvalue weighted by molar-refractivity contribution is 0.260. The van der Waals surface area contributed by atoms with Gasteiger partial charge in [-0.1, -0.05) is 0 Å². The number of hydrogen-bond acceptors (Lipinski definition) is 3. The second kappa shape index (κ2) is 3.89. The molecule has 0 saturated heterocycles. The van der Waals surface area contributed by atoms with Crippen molar-refractivity contribution < 1.29 is 9.53 Å². The third-order valence-electron chi connectivity index (χ3n) is 1.33. The zero-order chi connectivity index (χ0) is 8.27. The molecule has 0 spiro atoms. The second-order valence-corrected chi connectivity index (χ2v) is 3.25. The van der Waals surface area contributed by atoms with Crippen LogP contribution in [0.3, 0.4) is 0 Å². The molecule has 5 heteroatoms. The first-order chi connectivity index (χ1) is 5.18. The molecule has 0 fully saturated rings. The zero-order valence-corrected chi connectivity index (χ0v) is 8.29. The van der Waals surface area contributed by atoms with E-state index >= 15 is 0 Å². The molecule has 0 aromatic heterocycles. The summed E-state index contributed by atoms with van der Waals surface area (Å²) in [6.07, 6.45) is 0. The predicted octanol–water partition coefficient (Wildman–Crippen LogP) is 0.948. The second-order valence-electron chi connectivity index (χ2n) is 2.27. The van der Waals surface area contributed by atoms with Crippen molar-refractivity contribution in [2.24, 2.45) is 4.99 Å². The standard InChI is InChI=1S/C6H9IN2O2/c1-4-9-5(3-11-4)2-8-6(7)10/h5H,2-3H2,1H3,(H,8,10). The van der Waals surface area contributed by atoms with Crippen LogP contribution in [0.5, 0.6) is 0 Å². The molecule has 1 amide bonds. The summed E-state index contributed by atoms with van der Waals surface area (Å²) in [4.78, 5) is 14.6. The molecule has 1 N–H and O–H groups in total. The molecule has 1 heterocycles. The lowest BCUT2D eigenvalue weighted by atomic mass is 10.3. The van der Waals surface area contributed by atoms with E-state index in [1.54, 1.807) is 22.6 Å². The van der Waals surface area contributed by atoms with Crippen LogP contribution in [0.4, 0.5) is 4.79 Å². The number of nitrogens with zero attached hydrogens (tertiary/aromatic N) is 1. The Balaban J connectivity index is 2.23. The molecule has 0 saturated carbocycles. The fourth-order valence-corrected chi connectivity index (χ4v) is 1.07. The van der Waals surface area contributed by atoms with Crippen molar-refractivity contribution in [2.75, 3.05) is 13.2 Å². The smallest absolute Gasteiger partial charge is 0.280 e. The highest BCUT2D eigenvalue weighted by Gasteiger charge is 2.15. The third-order valence-corrected chi connectivity index (χ3v) is 1.71. The van der Waals surface area contributed by atoms with Gasteiger partial charge in [-0.2, -0.15) is 0 Å². The summed E-state index contributed by atoms with van der Waals surface area (Å²) in [5.74, 6) is 0.706. The van der Waals surface area contributed by atoms with Crippen LogP contribution in [0, 0.1) is 0 Å². The first-order valence-corrected chi connectivity index (χ1v) is 4.37. The molecule has 0 bridgehead atoms. The number of aliphatic imine (C=N–C) groups is 1. The Morgan fingerprint density at radius 2 is 2.73 bits per heavy atom. The van der Waals surface area contributed by atoms with Gasteiger partial charge in [0.1, 0.15) is 12.6 Å². The maximum absolute atomic E-state index is 10.5. The average molecular weight is 268 g/mol. The predicted molar refractivity (Wildman–Crippen MR) is 50.3 cm³/mol. The monoisotopic (exact) mass is 268 g/mol. The first-order valence-electron chi connectivity index (χ1n) is 3.29. The van der Waals surface area contributed by atoms with Crippen LogP contribution in [0.25, 0.3) is 0 Å². The van der Waals surface area contributed by atoms with Crippen molar-refractivity contribution in [3.63, 3.8) is 0 Å². The molecule has 1 atom stereocenters. The Morgan fingerprint density at radius 1 is 2.00 bits per heavy atom. The number of halogens is 1. The maximum atomic E-state index is 10.5. The van der Waals surface area contributed by atoms with E-state index in [1.807, 2.05) is 6.92 Å². The number of carbonyl (C=O) groups excluding carboxylic acids is 1. The molecule has 1 aliphatic heterocycles.